The van der Waals surface area contributed by atoms with Gasteiger partial charge in [-0.25, -0.2) is 0 Å². The lowest BCUT2D eigenvalue weighted by Gasteiger charge is -1.88. The Morgan fingerprint density at radius 1 is 1.75 bits per heavy atom. The van der Waals surface area contributed by atoms with Gasteiger partial charge in [-0.3, -0.25) is 9.36 Å². The van der Waals surface area contributed by atoms with Crippen LogP contribution in [0.4, 0.5) is 0 Å². The van der Waals surface area contributed by atoms with Crippen molar-refractivity contribution in [2.24, 2.45) is 0 Å². The molecule has 0 rings (SSSR count). The molecule has 0 spiro atoms. The molecule has 3 nitrogen and oxygen atoms in total. The second-order valence-electron chi connectivity index (χ2n) is 1.41. The molecule has 1 atom stereocenters. The van der Waals surface area contributed by atoms with Crippen LogP contribution in [-0.2, 0) is 9.36 Å². The molecule has 0 bridgehead atoms. The molecule has 0 aromatic heterocycles. The molecule has 0 aromatic carbocycles. The molecule has 46 valence electrons. The fourth-order valence-corrected chi connectivity index (χ4v) is 0.548. The maximum atomic E-state index is 10.2. The predicted octanol–water partition coefficient (Wildman–Crippen LogP) is 0.556. The Morgan fingerprint density at radius 3 is 2.12 bits per heavy atom. The minimum atomic E-state index is -3.00. The van der Waals surface area contributed by atoms with Crippen molar-refractivity contribution in [1.82, 2.24) is 0 Å². The Labute approximate surface area is 47.9 Å². The molecule has 8 heavy (non-hydrogen) atoms. The molecule has 1 unspecified atom stereocenters. The molecular formula is C4H7O3P. The van der Waals surface area contributed by atoms with E-state index in [4.69, 9.17) is 4.89 Å². The van der Waals surface area contributed by atoms with Gasteiger partial charge in [0.05, 0.1) is 0 Å². The van der Waals surface area contributed by atoms with Crippen LogP contribution in [0.5, 0.6) is 0 Å². The second-order valence-corrected chi connectivity index (χ2v) is 2.48. The average Bonchev–Trinajstić information content (AvgIpc) is 1.64. The van der Waals surface area contributed by atoms with E-state index in [0.29, 0.717) is 0 Å². The van der Waals surface area contributed by atoms with Crippen molar-refractivity contribution in [1.29, 1.82) is 0 Å². The Hall–Kier alpha value is -0.400. The maximum Gasteiger partial charge on any atom is 0.257 e. The van der Waals surface area contributed by atoms with Crippen LogP contribution in [-0.4, -0.2) is 10.4 Å². The number of hydrogen-bond acceptors (Lipinski definition) is 2. The van der Waals surface area contributed by atoms with Crippen LogP contribution < -0.4 is 0 Å². The summed E-state index contributed by atoms with van der Waals surface area (Å²) in [5.41, 5.74) is -0.605. The molecule has 0 saturated carbocycles. The lowest BCUT2D eigenvalue weighted by molar-refractivity contribution is -0.109. The Kier molecular flexibility index (Phi) is 2.66. The molecule has 0 fully saturated rings. The van der Waals surface area contributed by atoms with E-state index >= 15 is 0 Å². The van der Waals surface area contributed by atoms with Gasteiger partial charge in [0.2, 0.25) is 5.52 Å². The first-order valence-electron chi connectivity index (χ1n) is 1.99. The van der Waals surface area contributed by atoms with E-state index in [1.165, 1.54) is 6.92 Å². The summed E-state index contributed by atoms with van der Waals surface area (Å²) in [6.07, 6.45) is 0. The summed E-state index contributed by atoms with van der Waals surface area (Å²) in [6, 6.07) is 0. The minimum Gasteiger partial charge on any atom is -0.341 e. The van der Waals surface area contributed by atoms with E-state index in [-0.39, 0.29) is 5.57 Å². The van der Waals surface area contributed by atoms with Crippen LogP contribution >= 0.6 is 8.03 Å². The zero-order valence-electron chi connectivity index (χ0n) is 4.47. The summed E-state index contributed by atoms with van der Waals surface area (Å²) in [5.74, 6) is 0. The number of allylic oxidation sites excluding steroid dienone is 1. The van der Waals surface area contributed by atoms with E-state index < -0.39 is 13.6 Å². The van der Waals surface area contributed by atoms with E-state index in [2.05, 4.69) is 6.58 Å². The quantitative estimate of drug-likeness (QED) is 0.443. The fraction of sp³-hybridized carbons (Fsp3) is 0.250. The van der Waals surface area contributed by atoms with Gasteiger partial charge in [-0.05, 0) is 12.5 Å². The van der Waals surface area contributed by atoms with Crippen LogP contribution in [0.2, 0.25) is 0 Å². The molecule has 0 saturated heterocycles. The van der Waals surface area contributed by atoms with Crippen molar-refractivity contribution in [3.8, 4) is 0 Å². The van der Waals surface area contributed by atoms with Crippen LogP contribution in [0.3, 0.4) is 0 Å². The van der Waals surface area contributed by atoms with Crippen LogP contribution in [0.1, 0.15) is 6.92 Å². The third-order valence-corrected chi connectivity index (χ3v) is 1.40. The van der Waals surface area contributed by atoms with E-state index in [1.54, 1.807) is 0 Å². The molecule has 0 aliphatic carbocycles. The highest BCUT2D eigenvalue weighted by Gasteiger charge is 2.06. The van der Waals surface area contributed by atoms with Crippen LogP contribution in [0.25, 0.3) is 0 Å². The van der Waals surface area contributed by atoms with E-state index in [0.717, 1.165) is 0 Å². The first-order valence-corrected chi connectivity index (χ1v) is 3.34. The summed E-state index contributed by atoms with van der Waals surface area (Å²) in [5, 5.41) is 0. The highest BCUT2D eigenvalue weighted by Crippen LogP contribution is 2.18. The molecule has 0 radical (unpaired) electrons. The zero-order chi connectivity index (χ0) is 6.73. The van der Waals surface area contributed by atoms with Crippen LogP contribution in [0.15, 0.2) is 12.2 Å². The third-order valence-electron chi connectivity index (χ3n) is 0.582. The topological polar surface area (TPSA) is 54.4 Å². The maximum absolute atomic E-state index is 10.2. The van der Waals surface area contributed by atoms with Gasteiger partial charge in [0.25, 0.3) is 8.03 Å². The van der Waals surface area contributed by atoms with Gasteiger partial charge in [-0.1, -0.05) is 6.58 Å². The Bertz CT molecular complexity index is 133. The summed E-state index contributed by atoms with van der Waals surface area (Å²) >= 11 is 0. The minimum absolute atomic E-state index is 0.136. The molecule has 0 heterocycles. The van der Waals surface area contributed by atoms with Crippen molar-refractivity contribution in [3.63, 3.8) is 0 Å². The lowest BCUT2D eigenvalue weighted by atomic mass is 10.4. The smallest absolute Gasteiger partial charge is 0.257 e. The van der Waals surface area contributed by atoms with Gasteiger partial charge < -0.3 is 4.89 Å². The standard InChI is InChI=1S/C4H7O3P/c1-3(2)4(5)8(6)7/h8H,1H2,2H3,(H,6,7). The van der Waals surface area contributed by atoms with Gasteiger partial charge in [0.1, 0.15) is 0 Å². The highest BCUT2D eigenvalue weighted by molar-refractivity contribution is 7.59. The SMILES string of the molecule is C=C(C)C(=O)[PH](=O)O. The second kappa shape index (κ2) is 2.80. The molecule has 1 N–H and O–H groups in total. The third kappa shape index (κ3) is 2.05. The first kappa shape index (κ1) is 7.60. The number of carbonyl (C=O) groups is 1. The molecular weight excluding hydrogens is 127 g/mol. The monoisotopic (exact) mass is 134 g/mol. The Balaban J connectivity index is 4.05. The van der Waals surface area contributed by atoms with Gasteiger partial charge in [-0.15, -0.1) is 0 Å². The van der Waals surface area contributed by atoms with Crippen molar-refractivity contribution >= 4 is 13.6 Å². The van der Waals surface area contributed by atoms with Crippen molar-refractivity contribution in [3.05, 3.63) is 12.2 Å². The molecule has 4 heteroatoms. The number of rotatable bonds is 2. The Morgan fingerprint density at radius 2 is 2.12 bits per heavy atom. The molecule has 0 aromatic rings. The normalized spacial score (nSPS) is 12.8. The summed E-state index contributed by atoms with van der Waals surface area (Å²) < 4.78 is 9.92. The van der Waals surface area contributed by atoms with E-state index in [9.17, 15) is 9.36 Å². The highest BCUT2D eigenvalue weighted by atomic mass is 31.1. The largest absolute Gasteiger partial charge is 0.341 e. The summed E-state index contributed by atoms with van der Waals surface area (Å²) in [6.45, 7) is 4.60. The van der Waals surface area contributed by atoms with Gasteiger partial charge >= 0.3 is 0 Å². The van der Waals surface area contributed by atoms with Crippen molar-refractivity contribution in [2.75, 3.05) is 0 Å². The first-order chi connectivity index (χ1) is 3.55. The van der Waals surface area contributed by atoms with Gasteiger partial charge in [0, 0.05) is 0 Å². The summed E-state index contributed by atoms with van der Waals surface area (Å²) in [4.78, 5) is 18.4. The summed E-state index contributed by atoms with van der Waals surface area (Å²) in [7, 11) is -3.00. The van der Waals surface area contributed by atoms with Gasteiger partial charge in [0.15, 0.2) is 0 Å². The van der Waals surface area contributed by atoms with Crippen LogP contribution in [0, 0.1) is 0 Å². The fourth-order valence-electron chi connectivity index (χ4n) is 0.183. The zero-order valence-corrected chi connectivity index (χ0v) is 5.47. The van der Waals surface area contributed by atoms with Crippen molar-refractivity contribution in [2.45, 2.75) is 6.92 Å². The lowest BCUT2D eigenvalue weighted by Crippen LogP contribution is -1.88. The van der Waals surface area contributed by atoms with E-state index in [1.807, 2.05) is 0 Å². The number of carbonyl (C=O) groups excluding carboxylic acids is 1. The van der Waals surface area contributed by atoms with Gasteiger partial charge in [-0.2, -0.15) is 0 Å². The van der Waals surface area contributed by atoms with Crippen molar-refractivity contribution < 1.29 is 14.3 Å². The molecule has 0 aliphatic rings. The predicted molar refractivity (Wildman–Crippen MR) is 31.0 cm³/mol. The molecule has 0 amide bonds. The number of hydrogen-bond donors (Lipinski definition) is 1. The molecule has 0 aliphatic heterocycles. The average molecular weight is 134 g/mol.